The smallest absolute Gasteiger partial charge is 0.406 e. The summed E-state index contributed by atoms with van der Waals surface area (Å²) in [5.74, 6) is 2.25. The van der Waals surface area contributed by atoms with Crippen molar-refractivity contribution in [3.63, 3.8) is 0 Å². The van der Waals surface area contributed by atoms with Crippen LogP contribution >= 0.6 is 11.6 Å². The van der Waals surface area contributed by atoms with Gasteiger partial charge in [0.1, 0.15) is 5.75 Å². The minimum absolute atomic E-state index is 0.250. The van der Waals surface area contributed by atoms with Crippen molar-refractivity contribution in [2.75, 3.05) is 5.32 Å². The number of imide groups is 1. The van der Waals surface area contributed by atoms with E-state index < -0.39 is 28.4 Å². The second kappa shape index (κ2) is 3.98. The van der Waals surface area contributed by atoms with E-state index in [0.29, 0.717) is 29.6 Å². The van der Waals surface area contributed by atoms with Gasteiger partial charge in [-0.2, -0.15) is 0 Å². The molecule has 6 aliphatic carbocycles. The van der Waals surface area contributed by atoms with Crippen LogP contribution in [0.15, 0.2) is 24.3 Å². The maximum absolute atomic E-state index is 12.6. The van der Waals surface area contributed by atoms with Crippen LogP contribution in [0.25, 0.3) is 0 Å². The molecule has 4 unspecified atom stereocenters. The zero-order chi connectivity index (χ0) is 18.2. The maximum atomic E-state index is 12.6. The van der Waals surface area contributed by atoms with Gasteiger partial charge < -0.3 is 10.1 Å². The molecule has 9 heteroatoms. The molecule has 1 aromatic rings. The summed E-state index contributed by atoms with van der Waals surface area (Å²) < 4.78 is 40.2. The van der Waals surface area contributed by atoms with Crippen LogP contribution in [0.3, 0.4) is 0 Å². The highest BCUT2D eigenvalue weighted by Crippen LogP contribution is 3.08. The van der Waals surface area contributed by atoms with Crippen LogP contribution in [0.5, 0.6) is 5.75 Å². The molecule has 0 heterocycles. The first kappa shape index (κ1) is 15.1. The van der Waals surface area contributed by atoms with E-state index in [9.17, 15) is 22.8 Å². The van der Waals surface area contributed by atoms with Gasteiger partial charge in [0.15, 0.2) is 0 Å². The Morgan fingerprint density at radius 3 is 2.15 bits per heavy atom. The van der Waals surface area contributed by atoms with Crippen molar-refractivity contribution in [2.45, 2.75) is 11.2 Å². The van der Waals surface area contributed by atoms with Gasteiger partial charge in [-0.05, 0) is 59.8 Å². The summed E-state index contributed by atoms with van der Waals surface area (Å²) in [6.07, 6.45) is -4.78. The highest BCUT2D eigenvalue weighted by molar-refractivity contribution is 6.32. The van der Waals surface area contributed by atoms with Gasteiger partial charge in [-0.25, -0.2) is 4.79 Å². The summed E-state index contributed by atoms with van der Waals surface area (Å²) in [6, 6.07) is 3.97. The average Bonchev–Trinajstić information content (AvgIpc) is 2.55. The van der Waals surface area contributed by atoms with E-state index in [0.717, 1.165) is 18.1 Å². The van der Waals surface area contributed by atoms with E-state index in [4.69, 9.17) is 11.6 Å². The molecule has 0 bridgehead atoms. The molecule has 0 saturated heterocycles. The molecule has 136 valence electrons. The first-order valence-corrected chi connectivity index (χ1v) is 8.76. The van der Waals surface area contributed by atoms with Crippen LogP contribution in [0.4, 0.5) is 23.7 Å². The summed E-state index contributed by atoms with van der Waals surface area (Å²) >= 11 is 6.65. The monoisotopic (exact) mass is 384 g/mol. The second-order valence-electron chi connectivity index (χ2n) is 7.88. The minimum Gasteiger partial charge on any atom is -0.406 e. The van der Waals surface area contributed by atoms with Crippen molar-refractivity contribution >= 4 is 29.2 Å². The first-order chi connectivity index (χ1) is 12.2. The quantitative estimate of drug-likeness (QED) is 0.787. The zero-order valence-corrected chi connectivity index (χ0v) is 13.8. The van der Waals surface area contributed by atoms with E-state index in [1.54, 1.807) is 0 Å². The van der Waals surface area contributed by atoms with Crippen LogP contribution in [-0.4, -0.2) is 23.2 Å². The highest BCUT2D eigenvalue weighted by atomic mass is 35.5. The summed E-state index contributed by atoms with van der Waals surface area (Å²) in [7, 11) is 0. The molecule has 0 aromatic heterocycles. The highest BCUT2D eigenvalue weighted by Gasteiger charge is 3.12. The molecule has 6 fully saturated rings. The Bertz CT molecular complexity index is 866. The van der Waals surface area contributed by atoms with Crippen LogP contribution in [0, 0.1) is 40.9 Å². The number of hydrogen-bond donors (Lipinski definition) is 2. The number of ether oxygens (including phenoxy) is 1. The Morgan fingerprint density at radius 1 is 1.04 bits per heavy atom. The number of benzene rings is 1. The molecule has 0 aliphatic heterocycles. The molecule has 0 radical (unpaired) electrons. The van der Waals surface area contributed by atoms with Gasteiger partial charge in [-0.1, -0.05) is 0 Å². The fourth-order valence-electron chi connectivity index (χ4n) is 6.99. The first-order valence-electron chi connectivity index (χ1n) is 8.38. The normalized spacial score (nSPS) is 47.1. The molecular formula is C17H12ClF3N2O3. The maximum Gasteiger partial charge on any atom is 0.573 e. The summed E-state index contributed by atoms with van der Waals surface area (Å²) in [6.45, 7) is 0. The Balaban J connectivity index is 1.10. The molecule has 2 N–H and O–H groups in total. The minimum atomic E-state index is -4.78. The lowest BCUT2D eigenvalue weighted by Crippen LogP contribution is -3.13. The summed E-state index contributed by atoms with van der Waals surface area (Å²) in [4.78, 5) is 24.3. The lowest BCUT2D eigenvalue weighted by molar-refractivity contribution is -0.579. The van der Waals surface area contributed by atoms with Crippen molar-refractivity contribution in [1.82, 2.24) is 5.32 Å². The van der Waals surface area contributed by atoms with E-state index in [2.05, 4.69) is 15.4 Å². The molecule has 5 nitrogen and oxygen atoms in total. The Labute approximate surface area is 150 Å². The van der Waals surface area contributed by atoms with Crippen LogP contribution in [-0.2, 0) is 4.79 Å². The number of hydrogen-bond acceptors (Lipinski definition) is 3. The molecule has 1 aromatic carbocycles. The standard InChI is InChI=1S/C17H12ClF3N2O3/c18-16-11-8-7-9(11)15(16,10(7)12(8)16)13(24)23-14(25)22-5-1-3-6(4-2-5)26-17(19,20)21/h1-4,7-12H,(H2,22,23,24,25)/t7?,8?,9-,10+,11+,12-,15?,16?. The van der Waals surface area contributed by atoms with Crippen molar-refractivity contribution in [2.24, 2.45) is 40.9 Å². The van der Waals surface area contributed by atoms with Crippen molar-refractivity contribution in [3.8, 4) is 5.75 Å². The van der Waals surface area contributed by atoms with Gasteiger partial charge in [-0.15, -0.1) is 24.8 Å². The van der Waals surface area contributed by atoms with E-state index in [1.165, 1.54) is 12.1 Å². The molecule has 8 atom stereocenters. The van der Waals surface area contributed by atoms with Gasteiger partial charge >= 0.3 is 12.4 Å². The van der Waals surface area contributed by atoms with Crippen LogP contribution < -0.4 is 15.4 Å². The molecule has 26 heavy (non-hydrogen) atoms. The molecule has 6 saturated carbocycles. The fourth-order valence-corrected chi connectivity index (χ4v) is 7.89. The molecular weight excluding hydrogens is 373 g/mol. The predicted octanol–water partition coefficient (Wildman–Crippen LogP) is 2.96. The number of rotatable bonds is 3. The Morgan fingerprint density at radius 2 is 1.62 bits per heavy atom. The third kappa shape index (κ3) is 1.26. The van der Waals surface area contributed by atoms with Gasteiger partial charge in [0, 0.05) is 5.69 Å². The van der Waals surface area contributed by atoms with Gasteiger partial charge in [0.25, 0.3) is 0 Å². The van der Waals surface area contributed by atoms with Crippen molar-refractivity contribution in [1.29, 1.82) is 0 Å². The third-order valence-corrected chi connectivity index (χ3v) is 8.30. The van der Waals surface area contributed by atoms with E-state index >= 15 is 0 Å². The number of carbonyl (C=O) groups excluding carboxylic acids is 2. The predicted molar refractivity (Wildman–Crippen MR) is 82.2 cm³/mol. The van der Waals surface area contributed by atoms with Crippen molar-refractivity contribution in [3.05, 3.63) is 24.3 Å². The van der Waals surface area contributed by atoms with E-state index in [1.807, 2.05) is 0 Å². The third-order valence-electron chi connectivity index (χ3n) is 7.48. The average molecular weight is 385 g/mol. The number of carbonyl (C=O) groups is 2. The lowest BCUT2D eigenvalue weighted by atomic mass is 8.96. The Hall–Kier alpha value is -1.96. The number of urea groups is 1. The SMILES string of the molecule is O=C(NC(=O)C12[C@@H]3C4C5[C@H]([C@H]41)C2(Cl)[C@@H]53)Nc1ccc(OC(F)(F)F)cc1. The van der Waals surface area contributed by atoms with Gasteiger partial charge in [-0.3, -0.25) is 10.1 Å². The second-order valence-corrected chi connectivity index (χ2v) is 8.50. The Kier molecular flexibility index (Phi) is 2.32. The molecule has 6 aliphatic rings. The molecule has 0 spiro atoms. The lowest BCUT2D eigenvalue weighted by Gasteiger charge is -3.09. The number of amides is 3. The zero-order valence-electron chi connectivity index (χ0n) is 13.0. The summed E-state index contributed by atoms with van der Waals surface area (Å²) in [5, 5.41) is 4.80. The summed E-state index contributed by atoms with van der Waals surface area (Å²) in [5.41, 5.74) is -0.315. The largest absolute Gasteiger partial charge is 0.573 e. The number of anilines is 1. The number of halogens is 4. The molecule has 7 rings (SSSR count). The van der Waals surface area contributed by atoms with Gasteiger partial charge in [0.05, 0.1) is 10.3 Å². The molecule has 3 amide bonds. The topological polar surface area (TPSA) is 67.4 Å². The van der Waals surface area contributed by atoms with E-state index in [-0.39, 0.29) is 11.6 Å². The number of alkyl halides is 4. The van der Waals surface area contributed by atoms with Crippen molar-refractivity contribution < 1.29 is 27.5 Å². The number of nitrogens with one attached hydrogen (secondary N) is 2. The van der Waals surface area contributed by atoms with Gasteiger partial charge in [0.2, 0.25) is 5.91 Å². The van der Waals surface area contributed by atoms with Crippen LogP contribution in [0.2, 0.25) is 0 Å². The fraction of sp³-hybridized carbons (Fsp3) is 0.529. The van der Waals surface area contributed by atoms with Crippen LogP contribution in [0.1, 0.15) is 0 Å².